The van der Waals surface area contributed by atoms with Crippen LogP contribution in [0.25, 0.3) is 88.9 Å². The lowest BCUT2D eigenvalue weighted by Crippen LogP contribution is -2.10. The van der Waals surface area contributed by atoms with Crippen LogP contribution in [0.4, 0.5) is 0 Å². The number of sulfone groups is 1. The Morgan fingerprint density at radius 3 is 1.19 bits per heavy atom. The number of ether oxygens (including phenoxy) is 3. The molecule has 0 spiro atoms. The van der Waals surface area contributed by atoms with E-state index in [-0.39, 0.29) is 52.1 Å². The molecule has 24 heteroatoms. The summed E-state index contributed by atoms with van der Waals surface area (Å²) in [7, 11) is -0.0390. The molecule has 1 aliphatic rings. The number of aromatic nitrogens is 4. The molecule has 18 nitrogen and oxygen atoms in total. The summed E-state index contributed by atoms with van der Waals surface area (Å²) in [6.45, 7) is 2.34. The van der Waals surface area contributed by atoms with Gasteiger partial charge in [-0.05, 0) is 138 Å². The molecule has 1 saturated heterocycles. The molecule has 0 radical (unpaired) electrons. The number of carbonyl (C=O) groups is 4. The highest BCUT2D eigenvalue weighted by Crippen LogP contribution is 2.41. The number of hydrogen-bond donors (Lipinski definition) is 0. The van der Waals surface area contributed by atoms with Gasteiger partial charge >= 0.3 is 0 Å². The highest BCUT2D eigenvalue weighted by atomic mass is 32.2. The van der Waals surface area contributed by atoms with Crippen molar-refractivity contribution in [2.75, 3.05) is 50.1 Å². The van der Waals surface area contributed by atoms with Crippen molar-refractivity contribution in [3.63, 3.8) is 0 Å². The highest BCUT2D eigenvalue weighted by Gasteiger charge is 2.24. The standard InChI is InChI=1S/C28H22N2O3S2.C27H22N2O3S.C25H24N2O3S2.C21H16N2OS/c1-35(32,33)24-14-12-20(13-15-24)16-23(31)19-34-28-26(18-29)25(21-8-4-2-5-9-21)17-27(30-28)22-10-6-3-7-11-22;1-31-22-12-9-19(10-13-22)24-16-26(20-6-3-2-4-7-20)29-27(25(24)17-28)33-18-21(30)11-14-23-8-5-15-32-23;1-29-19-9-6-17(7-10-19)21-14-23(24-5-3-13-31-24)27-25(22(21)15-26)32-16-18(28)8-11-20-4-2-12-30-20;1-15(24)14-25-21-19(13-22)18(16-8-4-2-5-9-16)12-20(23-21)17-10-6-3-7-11-17/h2-15,17H,16,19H2,1H3;2-10,12-13,15-16H,11,14,18H2,1H3;3,5-7,9-10,13-14,20H,2,4,8,11-12,16H2,1H3;2-12H,14H2,1H3. The Kier molecular flexibility index (Phi) is 33.4. The number of aryl methyl sites for hydroxylation is 1. The summed E-state index contributed by atoms with van der Waals surface area (Å²) >= 11 is 6.81. The van der Waals surface area contributed by atoms with E-state index in [1.165, 1.54) is 66.1 Å². The fourth-order valence-electron chi connectivity index (χ4n) is 13.3. The van der Waals surface area contributed by atoms with Crippen LogP contribution >= 0.6 is 58.4 Å². The number of benzene rings is 8. The van der Waals surface area contributed by atoms with Gasteiger partial charge in [0.05, 0.1) is 104 Å². The van der Waals surface area contributed by atoms with Crippen molar-refractivity contribution >= 4 is 91.4 Å². The van der Waals surface area contributed by atoms with E-state index in [1.807, 2.05) is 254 Å². The van der Waals surface area contributed by atoms with Gasteiger partial charge in [-0.3, -0.25) is 19.2 Å². The van der Waals surface area contributed by atoms with Crippen LogP contribution < -0.4 is 9.47 Å². The summed E-state index contributed by atoms with van der Waals surface area (Å²) in [5, 5.41) is 43.9. The topological polar surface area (TPSA) is 290 Å². The molecule has 1 unspecified atom stereocenters. The number of thiophene rings is 1. The Morgan fingerprint density at radius 1 is 0.448 bits per heavy atom. The minimum Gasteiger partial charge on any atom is -0.497 e. The third kappa shape index (κ3) is 25.8. The van der Waals surface area contributed by atoms with Gasteiger partial charge in [-0.2, -0.15) is 21.0 Å². The summed E-state index contributed by atoms with van der Waals surface area (Å²) < 4.78 is 44.7. The minimum atomic E-state index is -3.28. The van der Waals surface area contributed by atoms with Gasteiger partial charge in [0.15, 0.2) is 9.84 Å². The van der Waals surface area contributed by atoms with Crippen molar-refractivity contribution in [2.45, 2.75) is 83.0 Å². The fraction of sp³-hybridized carbons (Fsp3) is 0.168. The molecule has 14 aromatic rings. The Balaban J connectivity index is 0.000000153. The molecule has 125 heavy (non-hydrogen) atoms. The molecule has 1 fully saturated rings. The van der Waals surface area contributed by atoms with E-state index in [2.05, 4.69) is 29.3 Å². The number of pyridine rings is 4. The molecule has 0 aliphatic carbocycles. The minimum absolute atomic E-state index is 0.0424. The van der Waals surface area contributed by atoms with Crippen LogP contribution in [-0.4, -0.2) is 108 Å². The van der Waals surface area contributed by atoms with Crippen LogP contribution in [0.3, 0.4) is 0 Å². The van der Waals surface area contributed by atoms with E-state index in [9.17, 15) is 48.6 Å². The van der Waals surface area contributed by atoms with Gasteiger partial charge in [0.1, 0.15) is 84.8 Å². The Bertz CT molecular complexity index is 6320. The van der Waals surface area contributed by atoms with E-state index < -0.39 is 9.84 Å². The van der Waals surface area contributed by atoms with Crippen LogP contribution in [0, 0.1) is 45.3 Å². The van der Waals surface area contributed by atoms with Crippen molar-refractivity contribution < 1.29 is 46.2 Å². The molecule has 1 atom stereocenters. The number of thioether (sulfide) groups is 4. The summed E-state index contributed by atoms with van der Waals surface area (Å²) in [6, 6.07) is 95.0. The van der Waals surface area contributed by atoms with Gasteiger partial charge in [0.25, 0.3) is 0 Å². The predicted molar refractivity (Wildman–Crippen MR) is 497 cm³/mol. The number of Topliss-reactive ketones (excluding diaryl/α,β-unsaturated/α-hetero) is 4. The van der Waals surface area contributed by atoms with Crippen LogP contribution in [0.2, 0.25) is 0 Å². The SMILES string of the molecule is CC(=O)CSc1nc(-c2ccccc2)cc(-c2ccccc2)c1C#N.COc1ccc(-c2cc(-c3ccccc3)nc(SCC(=O)CCc3ccco3)c2C#N)cc1.COc1ccc(-c2cc(-c3cccs3)nc(SCC(=O)CCC3CCCO3)c2C#N)cc1.CS(=O)(=O)c1ccc(CC(=O)CSc2nc(-c3ccccc3)cc(-c3ccccc3)c2C#N)cc1. The van der Waals surface area contributed by atoms with Gasteiger partial charge < -0.3 is 18.6 Å². The van der Waals surface area contributed by atoms with Gasteiger partial charge in [-0.15, -0.1) is 11.3 Å². The monoisotopic (exact) mass is 1760 g/mol. The Hall–Kier alpha value is -13.1. The van der Waals surface area contributed by atoms with Gasteiger partial charge in [0, 0.05) is 77.5 Å². The molecular formula is C101H84N8O10S6. The zero-order valence-corrected chi connectivity index (χ0v) is 73.7. The second-order valence-corrected chi connectivity index (χ2v) is 35.3. The van der Waals surface area contributed by atoms with Crippen LogP contribution in [0.5, 0.6) is 11.5 Å². The maximum absolute atomic E-state index is 12.7. The van der Waals surface area contributed by atoms with Crippen molar-refractivity contribution in [3.8, 4) is 125 Å². The maximum Gasteiger partial charge on any atom is 0.175 e. The number of rotatable bonds is 31. The zero-order valence-electron chi connectivity index (χ0n) is 68.8. The molecule has 0 amide bonds. The molecule has 15 rings (SSSR count). The summed E-state index contributed by atoms with van der Waals surface area (Å²) in [5.74, 6) is 3.51. The van der Waals surface area contributed by atoms with Gasteiger partial charge in [0.2, 0.25) is 0 Å². The van der Waals surface area contributed by atoms with Crippen LogP contribution in [0.1, 0.15) is 72.6 Å². The molecule has 0 saturated carbocycles. The lowest BCUT2D eigenvalue weighted by Gasteiger charge is -2.13. The van der Waals surface area contributed by atoms with Crippen molar-refractivity contribution in [2.24, 2.45) is 0 Å². The molecule has 0 bridgehead atoms. The Morgan fingerprint density at radius 2 is 0.832 bits per heavy atom. The van der Waals surface area contributed by atoms with E-state index >= 15 is 0 Å². The number of hydrogen-bond acceptors (Lipinski definition) is 23. The molecule has 8 aromatic carbocycles. The van der Waals surface area contributed by atoms with E-state index in [4.69, 9.17) is 33.6 Å². The average molecular weight is 1760 g/mol. The average Bonchev–Trinajstić information content (AvgIpc) is 1.62. The first-order chi connectivity index (χ1) is 60.9. The Labute approximate surface area is 748 Å². The molecule has 0 N–H and O–H groups in total. The molecule has 7 heterocycles. The second-order valence-electron chi connectivity index (χ2n) is 28.5. The van der Waals surface area contributed by atoms with Crippen molar-refractivity contribution in [1.29, 1.82) is 21.0 Å². The number of carbonyl (C=O) groups excluding carboxylic acids is 4. The van der Waals surface area contributed by atoms with E-state index in [1.54, 1.807) is 44.0 Å². The molecule has 6 aromatic heterocycles. The normalized spacial score (nSPS) is 11.9. The number of furan rings is 1. The first-order valence-corrected chi connectivity index (χ1v) is 46.5. The molecule has 624 valence electrons. The van der Waals surface area contributed by atoms with Crippen molar-refractivity contribution in [3.05, 3.63) is 318 Å². The number of nitriles is 4. The number of methoxy groups -OCH3 is 2. The quantitative estimate of drug-likeness (QED) is 0.0365. The third-order valence-electron chi connectivity index (χ3n) is 19.6. The first kappa shape index (κ1) is 91.1. The third-order valence-corrected chi connectivity index (χ3v) is 25.9. The van der Waals surface area contributed by atoms with Gasteiger partial charge in [-0.1, -0.05) is 241 Å². The summed E-state index contributed by atoms with van der Waals surface area (Å²) in [6.07, 6.45) is 7.45. The molecule has 1 aliphatic heterocycles. The number of nitrogens with zero attached hydrogens (tertiary/aromatic N) is 8. The zero-order chi connectivity index (χ0) is 87.9. The smallest absolute Gasteiger partial charge is 0.175 e. The van der Waals surface area contributed by atoms with Crippen molar-refractivity contribution in [1.82, 2.24) is 19.9 Å². The lowest BCUT2D eigenvalue weighted by molar-refractivity contribution is -0.117. The lowest BCUT2D eigenvalue weighted by atomic mass is 9.99. The highest BCUT2D eigenvalue weighted by molar-refractivity contribution is 8.00. The maximum atomic E-state index is 12.7. The van der Waals surface area contributed by atoms with E-state index in [0.29, 0.717) is 73.1 Å². The first-order valence-electron chi connectivity index (χ1n) is 39.8. The predicted octanol–water partition coefficient (Wildman–Crippen LogP) is 22.7. The van der Waals surface area contributed by atoms with Crippen LogP contribution in [0.15, 0.2) is 314 Å². The fourth-order valence-corrected chi connectivity index (χ4v) is 18.0. The summed E-state index contributed by atoms with van der Waals surface area (Å²) in [5.41, 5.74) is 15.4. The van der Waals surface area contributed by atoms with Crippen LogP contribution in [-0.2, 0) is 46.6 Å². The van der Waals surface area contributed by atoms with E-state index in [0.717, 1.165) is 144 Å². The summed E-state index contributed by atoms with van der Waals surface area (Å²) in [4.78, 5) is 69.3. The second kappa shape index (κ2) is 45.9. The molecular weight excluding hydrogens is 1680 g/mol. The number of ketones is 4. The largest absolute Gasteiger partial charge is 0.497 e. The van der Waals surface area contributed by atoms with Gasteiger partial charge in [-0.25, -0.2) is 28.4 Å².